The van der Waals surface area contributed by atoms with E-state index in [0.29, 0.717) is 35.7 Å². The lowest BCUT2D eigenvalue weighted by Crippen LogP contribution is -2.19. The first-order valence-electron chi connectivity index (χ1n) is 6.89. The van der Waals surface area contributed by atoms with Crippen LogP contribution in [0.5, 0.6) is 11.5 Å². The highest BCUT2D eigenvalue weighted by molar-refractivity contribution is 6.31. The van der Waals surface area contributed by atoms with Crippen molar-refractivity contribution in [1.29, 1.82) is 0 Å². The molecule has 2 unspecified atom stereocenters. The van der Waals surface area contributed by atoms with Crippen molar-refractivity contribution in [2.24, 2.45) is 11.7 Å². The van der Waals surface area contributed by atoms with Crippen LogP contribution in [0.4, 0.5) is 0 Å². The normalized spacial score (nSPS) is 14.0. The lowest BCUT2D eigenvalue weighted by atomic mass is 9.93. The Morgan fingerprint density at radius 2 is 1.63 bits per heavy atom. The second-order valence-corrected chi connectivity index (χ2v) is 5.00. The Balaban J connectivity index is 3.15. The van der Waals surface area contributed by atoms with Gasteiger partial charge >= 0.3 is 0 Å². The first-order chi connectivity index (χ1) is 9.04. The van der Waals surface area contributed by atoms with Gasteiger partial charge in [-0.2, -0.15) is 0 Å². The molecule has 2 atom stereocenters. The van der Waals surface area contributed by atoms with E-state index in [1.54, 1.807) is 6.07 Å². The molecule has 1 rings (SSSR count). The van der Waals surface area contributed by atoms with Crippen molar-refractivity contribution in [3.8, 4) is 11.5 Å². The van der Waals surface area contributed by atoms with Crippen molar-refractivity contribution in [3.63, 3.8) is 0 Å². The second-order valence-electron chi connectivity index (χ2n) is 4.60. The second kappa shape index (κ2) is 7.61. The quantitative estimate of drug-likeness (QED) is 0.817. The van der Waals surface area contributed by atoms with Gasteiger partial charge in [-0.1, -0.05) is 31.9 Å². The summed E-state index contributed by atoms with van der Waals surface area (Å²) in [6.45, 7) is 9.28. The number of rotatable bonds is 7. The van der Waals surface area contributed by atoms with Crippen molar-refractivity contribution in [3.05, 3.63) is 22.7 Å². The third-order valence-electron chi connectivity index (χ3n) is 3.28. The fourth-order valence-corrected chi connectivity index (χ4v) is 2.18. The average molecular weight is 286 g/mol. The predicted octanol–water partition coefficient (Wildman–Crippen LogP) is 4.18. The Morgan fingerprint density at radius 3 is 2.11 bits per heavy atom. The molecule has 0 aliphatic carbocycles. The molecule has 0 aromatic heterocycles. The highest BCUT2D eigenvalue weighted by atomic mass is 35.5. The largest absolute Gasteiger partial charge is 0.490 e. The van der Waals surface area contributed by atoms with Crippen molar-refractivity contribution in [2.75, 3.05) is 13.2 Å². The molecule has 0 amide bonds. The molecular weight excluding hydrogens is 262 g/mol. The van der Waals surface area contributed by atoms with Gasteiger partial charge in [0.1, 0.15) is 0 Å². The fourth-order valence-electron chi connectivity index (χ4n) is 1.90. The van der Waals surface area contributed by atoms with Crippen molar-refractivity contribution in [1.82, 2.24) is 0 Å². The van der Waals surface area contributed by atoms with Crippen molar-refractivity contribution >= 4 is 11.6 Å². The molecule has 0 fully saturated rings. The maximum Gasteiger partial charge on any atom is 0.162 e. The van der Waals surface area contributed by atoms with Crippen LogP contribution in [0.3, 0.4) is 0 Å². The summed E-state index contributed by atoms with van der Waals surface area (Å²) >= 11 is 6.32. The summed E-state index contributed by atoms with van der Waals surface area (Å²) in [5, 5.41) is 0.639. The Labute approximate surface area is 121 Å². The number of ether oxygens (including phenoxy) is 2. The zero-order valence-corrected chi connectivity index (χ0v) is 13.0. The van der Waals surface area contributed by atoms with Crippen LogP contribution in [0.25, 0.3) is 0 Å². The van der Waals surface area contributed by atoms with Gasteiger partial charge in [0, 0.05) is 17.1 Å². The average Bonchev–Trinajstić information content (AvgIpc) is 2.40. The maximum atomic E-state index is 6.32. The summed E-state index contributed by atoms with van der Waals surface area (Å²) in [4.78, 5) is 0. The molecule has 0 aliphatic heterocycles. The summed E-state index contributed by atoms with van der Waals surface area (Å²) in [6, 6.07) is 3.62. The lowest BCUT2D eigenvalue weighted by Gasteiger charge is -2.22. The molecule has 108 valence electrons. The molecule has 4 heteroatoms. The Morgan fingerprint density at radius 1 is 1.11 bits per heavy atom. The van der Waals surface area contributed by atoms with Crippen LogP contribution in [0.15, 0.2) is 12.1 Å². The topological polar surface area (TPSA) is 44.5 Å². The smallest absolute Gasteiger partial charge is 0.162 e. The van der Waals surface area contributed by atoms with Gasteiger partial charge < -0.3 is 15.2 Å². The van der Waals surface area contributed by atoms with Gasteiger partial charge in [0.25, 0.3) is 0 Å². The van der Waals surface area contributed by atoms with E-state index in [0.717, 1.165) is 12.0 Å². The van der Waals surface area contributed by atoms with E-state index in [2.05, 4.69) is 13.8 Å². The van der Waals surface area contributed by atoms with Crippen LogP contribution in [0, 0.1) is 5.92 Å². The van der Waals surface area contributed by atoms with Crippen LogP contribution in [-0.2, 0) is 0 Å². The first kappa shape index (κ1) is 16.1. The molecule has 3 nitrogen and oxygen atoms in total. The van der Waals surface area contributed by atoms with Crippen LogP contribution in [-0.4, -0.2) is 13.2 Å². The highest BCUT2D eigenvalue weighted by Crippen LogP contribution is 2.37. The third kappa shape index (κ3) is 4.02. The number of hydrogen-bond donors (Lipinski definition) is 1. The summed E-state index contributed by atoms with van der Waals surface area (Å²) in [5.74, 6) is 1.75. The summed E-state index contributed by atoms with van der Waals surface area (Å²) in [6.07, 6.45) is 1.01. The predicted molar refractivity (Wildman–Crippen MR) is 80.2 cm³/mol. The van der Waals surface area contributed by atoms with Gasteiger partial charge in [-0.25, -0.2) is 0 Å². The molecule has 0 saturated carbocycles. The van der Waals surface area contributed by atoms with E-state index >= 15 is 0 Å². The van der Waals surface area contributed by atoms with Crippen molar-refractivity contribution in [2.45, 2.75) is 40.2 Å². The number of hydrogen-bond acceptors (Lipinski definition) is 3. The molecule has 0 bridgehead atoms. The standard InChI is InChI=1S/C15H24ClNO2/c1-5-10(4)15(17)11-8-13(18-6-2)14(19-7-3)9-12(11)16/h8-10,15H,5-7,17H2,1-4H3. The van der Waals surface area contributed by atoms with E-state index in [-0.39, 0.29) is 6.04 Å². The van der Waals surface area contributed by atoms with Gasteiger partial charge in [0.15, 0.2) is 11.5 Å². The summed E-state index contributed by atoms with van der Waals surface area (Å²) < 4.78 is 11.2. The van der Waals surface area contributed by atoms with E-state index in [1.165, 1.54) is 0 Å². The third-order valence-corrected chi connectivity index (χ3v) is 3.61. The zero-order chi connectivity index (χ0) is 14.4. The highest BCUT2D eigenvalue weighted by Gasteiger charge is 2.19. The van der Waals surface area contributed by atoms with Crippen molar-refractivity contribution < 1.29 is 9.47 Å². The fraction of sp³-hybridized carbons (Fsp3) is 0.600. The minimum Gasteiger partial charge on any atom is -0.490 e. The van der Waals surface area contributed by atoms with Gasteiger partial charge in [-0.15, -0.1) is 0 Å². The Hall–Kier alpha value is -0.930. The monoisotopic (exact) mass is 285 g/mol. The molecule has 0 saturated heterocycles. The van der Waals surface area contributed by atoms with Crippen LogP contribution in [0.2, 0.25) is 5.02 Å². The molecule has 2 N–H and O–H groups in total. The minimum absolute atomic E-state index is 0.0904. The molecule has 0 radical (unpaired) electrons. The summed E-state index contributed by atoms with van der Waals surface area (Å²) in [7, 11) is 0. The number of benzene rings is 1. The molecule has 0 spiro atoms. The maximum absolute atomic E-state index is 6.32. The summed E-state index contributed by atoms with van der Waals surface area (Å²) in [5.41, 5.74) is 7.18. The van der Waals surface area contributed by atoms with Gasteiger partial charge in [-0.05, 0) is 31.4 Å². The molecule has 0 heterocycles. The van der Waals surface area contributed by atoms with Gasteiger partial charge in [-0.3, -0.25) is 0 Å². The Kier molecular flexibility index (Phi) is 6.46. The Bertz CT molecular complexity index is 409. The molecule has 1 aromatic carbocycles. The SMILES string of the molecule is CCOc1cc(Cl)c(C(N)C(C)CC)cc1OCC. The van der Waals surface area contributed by atoms with Gasteiger partial charge in [0.05, 0.1) is 13.2 Å². The van der Waals surface area contributed by atoms with Gasteiger partial charge in [0.2, 0.25) is 0 Å². The molecule has 0 aliphatic rings. The van der Waals surface area contributed by atoms with E-state index in [4.69, 9.17) is 26.8 Å². The molecular formula is C15H24ClNO2. The number of halogens is 1. The number of nitrogens with two attached hydrogens (primary N) is 1. The van der Waals surface area contributed by atoms with E-state index in [1.807, 2.05) is 19.9 Å². The van der Waals surface area contributed by atoms with Crippen LogP contribution >= 0.6 is 11.6 Å². The van der Waals surface area contributed by atoms with Crippen LogP contribution < -0.4 is 15.2 Å². The van der Waals surface area contributed by atoms with E-state index in [9.17, 15) is 0 Å². The lowest BCUT2D eigenvalue weighted by molar-refractivity contribution is 0.287. The zero-order valence-electron chi connectivity index (χ0n) is 12.2. The molecule has 1 aromatic rings. The van der Waals surface area contributed by atoms with Crippen LogP contribution in [0.1, 0.15) is 45.7 Å². The van der Waals surface area contributed by atoms with E-state index < -0.39 is 0 Å². The first-order valence-corrected chi connectivity index (χ1v) is 7.27. The minimum atomic E-state index is -0.0904. The molecule has 19 heavy (non-hydrogen) atoms.